The van der Waals surface area contributed by atoms with E-state index in [0.29, 0.717) is 62.8 Å². The van der Waals surface area contributed by atoms with E-state index in [9.17, 15) is 45.6 Å². The van der Waals surface area contributed by atoms with Gasteiger partial charge < -0.3 is 80.2 Å². The van der Waals surface area contributed by atoms with Crippen LogP contribution in [-0.2, 0) is 37.3 Å². The van der Waals surface area contributed by atoms with Gasteiger partial charge in [-0.05, 0) is 269 Å². The van der Waals surface area contributed by atoms with Crippen molar-refractivity contribution in [3.63, 3.8) is 0 Å². The average molecular weight is 1660 g/mol. The number of anilines is 1. The minimum Gasteiger partial charge on any atom is -0.498 e. The summed E-state index contributed by atoms with van der Waals surface area (Å²) in [5.74, 6) is 4.24. The van der Waals surface area contributed by atoms with E-state index in [0.717, 1.165) is 185 Å². The molecule has 0 atom stereocenters. The lowest BCUT2D eigenvalue weighted by Gasteiger charge is -2.18. The number of amides is 4. The van der Waals surface area contributed by atoms with Gasteiger partial charge in [0.05, 0.1) is 17.6 Å². The molecule has 2 aliphatic heterocycles. The highest BCUT2D eigenvalue weighted by Gasteiger charge is 2.25. The largest absolute Gasteiger partial charge is 0.498 e. The van der Waals surface area contributed by atoms with Crippen LogP contribution in [0.5, 0.6) is 11.5 Å². The van der Waals surface area contributed by atoms with Crippen molar-refractivity contribution in [1.82, 2.24) is 49.1 Å². The number of benzene rings is 7. The fourth-order valence-corrected chi connectivity index (χ4v) is 15.5. The minimum atomic E-state index is -0.0524. The Labute approximate surface area is 715 Å². The van der Waals surface area contributed by atoms with Crippen molar-refractivity contribution < 1.29 is 23.9 Å². The van der Waals surface area contributed by atoms with E-state index in [2.05, 4.69) is 163 Å². The second-order valence-electron chi connectivity index (χ2n) is 30.3. The molecule has 4 amide bonds. The number of ether oxygens (including phenoxy) is 2. The Bertz CT molecular complexity index is 5820. The zero-order valence-corrected chi connectivity index (χ0v) is 74.2. The Kier molecular flexibility index (Phi) is 35.1. The Morgan fingerprint density at radius 1 is 0.459 bits per heavy atom. The molecule has 0 saturated carbocycles. The van der Waals surface area contributed by atoms with Gasteiger partial charge in [-0.25, -0.2) is 24.5 Å². The van der Waals surface area contributed by atoms with Gasteiger partial charge in [0, 0.05) is 131 Å². The number of rotatable bonds is 19. The molecule has 2 saturated heterocycles. The number of nitrogens with one attached hydrogen (secondary N) is 3. The summed E-state index contributed by atoms with van der Waals surface area (Å²) in [6, 6.07) is 35.4. The van der Waals surface area contributed by atoms with Crippen LogP contribution in [0, 0.1) is 199 Å². The van der Waals surface area contributed by atoms with Crippen molar-refractivity contribution in [3.05, 3.63) is 314 Å². The number of aryl methyl sites for hydroxylation is 15. The predicted octanol–water partition coefficient (Wildman–Crippen LogP) is 18.9. The van der Waals surface area contributed by atoms with E-state index < -0.39 is 0 Å². The Hall–Kier alpha value is -14.2. The van der Waals surface area contributed by atoms with Gasteiger partial charge in [-0.2, -0.15) is 0 Å². The molecule has 0 unspecified atom stereocenters. The maximum absolute atomic E-state index is 11.5. The molecule has 28 heteroatoms. The van der Waals surface area contributed by atoms with Crippen molar-refractivity contribution in [2.75, 3.05) is 64.3 Å². The van der Waals surface area contributed by atoms with Crippen LogP contribution >= 0.6 is 0 Å². The van der Waals surface area contributed by atoms with Crippen molar-refractivity contribution in [1.29, 1.82) is 0 Å². The Morgan fingerprint density at radius 2 is 0.861 bits per heavy atom. The van der Waals surface area contributed by atoms with Gasteiger partial charge in [-0.15, -0.1) is 0 Å². The molecule has 0 spiro atoms. The van der Waals surface area contributed by atoms with Crippen LogP contribution in [0.4, 0.5) is 15.3 Å². The molecule has 0 aliphatic carbocycles. The first-order valence-electron chi connectivity index (χ1n) is 40.3. The molecule has 638 valence electrons. The minimum absolute atomic E-state index is 0.0124. The maximum Gasteiger partial charge on any atom is 0.337 e. The van der Waals surface area contributed by atoms with Crippen LogP contribution in [0.2, 0.25) is 0 Å². The SMILES string of the molecule is CC(=O)COc1c(C)cc(C)c(C#[N+][O-])c1C.CCc1cc(CC)c(Cn2ccnc2C)c(C)c1C#[N+][O-].Cc1cc(C)c(Cn2c(C)nc3ccccc32)c(C)c1C#[N+][O-].Cc1cc(C)c(Cn2ccnc2C)c(C)c1C#[N+][O-].Cc1cc(C)c(NCCN2CCNC2=O)c(C)c1C#[N+][O-].Cc1cc(C)c(OCCN2CCNC2=O)c(C)c1C#[N+][O-]. The van der Waals surface area contributed by atoms with Crippen LogP contribution in [0.25, 0.3) is 41.1 Å². The third kappa shape index (κ3) is 24.0. The third-order valence-electron chi connectivity index (χ3n) is 21.9. The summed E-state index contributed by atoms with van der Waals surface area (Å²) in [6.07, 6.45) is 9.37. The van der Waals surface area contributed by atoms with Gasteiger partial charge in [0.15, 0.2) is 5.78 Å². The topological polar surface area (TPSA) is 330 Å². The number of ketones is 1. The van der Waals surface area contributed by atoms with E-state index in [1.807, 2.05) is 173 Å². The first-order valence-corrected chi connectivity index (χ1v) is 40.3. The van der Waals surface area contributed by atoms with Gasteiger partial charge in [-0.1, -0.05) is 62.4 Å². The zero-order valence-electron chi connectivity index (χ0n) is 74.2. The fourth-order valence-electron chi connectivity index (χ4n) is 15.5. The van der Waals surface area contributed by atoms with Crippen LogP contribution in [-0.4, -0.2) is 115 Å². The molecule has 12 rings (SSSR count). The number of para-hydroxylation sites is 2. The summed E-state index contributed by atoms with van der Waals surface area (Å²) in [4.78, 5) is 50.4. The highest BCUT2D eigenvalue weighted by atomic mass is 16.5. The molecule has 10 aromatic rings. The molecule has 7 aromatic carbocycles. The highest BCUT2D eigenvalue weighted by molar-refractivity contribution is 5.78. The van der Waals surface area contributed by atoms with Gasteiger partial charge in [0.1, 0.15) is 75.6 Å². The molecule has 3 aromatic heterocycles. The molecular formula is C94H111N17O11. The quantitative estimate of drug-likeness (QED) is 0.0634. The van der Waals surface area contributed by atoms with E-state index in [1.165, 1.54) is 40.3 Å². The lowest BCUT2D eigenvalue weighted by molar-refractivity contribution is -0.118. The maximum atomic E-state index is 11.5. The normalized spacial score (nSPS) is 11.4. The first-order chi connectivity index (χ1) is 58.2. The smallest absolute Gasteiger partial charge is 0.337 e. The predicted molar refractivity (Wildman–Crippen MR) is 487 cm³/mol. The molecule has 0 radical (unpaired) electrons. The number of imidazole rings is 3. The Balaban J connectivity index is 0.000000202. The standard InChI is InChI=1S/C19H19N3O.C17H21N3O.C15H20N4O2.C15H19N3O3.C15H17N3O.C13H15NO3/c1-12-9-13(2)17(14(3)16(12)10-20-23)11-22-15(4)21-18-7-5-6-8-19(18)22;1-5-14-9-15(6-2)17(12(3)16(14)10-19-21)11-20-8-7-18-13(20)4;1-10-8-11(2)14(12(3)13(10)9-18-21)16-4-6-19-7-5-17-15(19)20;1-10-8-11(2)14(12(3)13(10)9-17-20)21-7-6-18-5-4-16-15(18)19;1-10-7-11(2)15(12(3)14(10)8-17-19)9-18-6-5-16-13(18)4;1-8-5-9(2)13(17-7-10(3)15)11(4)12(8)6-14-16/h5-9H,11H2,1-4H3;7-9H,5-6,11H2,1-4H3;8,16H,4-7H2,1-3H3,(H,17,20);8H,4-7H2,1-3H3,(H,16,19);5-7H,9H2,1-4H3;5H,7H2,1-4H3. The van der Waals surface area contributed by atoms with Gasteiger partial charge in [0.2, 0.25) is 0 Å². The van der Waals surface area contributed by atoms with Gasteiger partial charge in [0.25, 0.3) is 0 Å². The lowest BCUT2D eigenvalue weighted by atomic mass is 9.90. The molecule has 3 N–H and O–H groups in total. The number of urea groups is 2. The van der Waals surface area contributed by atoms with Crippen molar-refractivity contribution >= 4 is 34.6 Å². The molecular weight excluding hydrogens is 1540 g/mol. The van der Waals surface area contributed by atoms with E-state index in [4.69, 9.17) is 9.47 Å². The van der Waals surface area contributed by atoms with Crippen molar-refractivity contribution in [2.24, 2.45) is 0 Å². The molecule has 5 heterocycles. The number of aromatic nitrogens is 6. The monoisotopic (exact) mass is 1650 g/mol. The third-order valence-corrected chi connectivity index (χ3v) is 21.9. The number of Topliss-reactive ketones (excluding diaryl/α,β-unsaturated/α-hetero) is 1. The second kappa shape index (κ2) is 45.1. The number of hydrogen-bond donors (Lipinski definition) is 3. The number of carbonyl (C=O) groups excluding carboxylic acids is 3. The molecule has 122 heavy (non-hydrogen) atoms. The summed E-state index contributed by atoms with van der Waals surface area (Å²) in [5, 5.41) is 88.5. The van der Waals surface area contributed by atoms with E-state index in [-0.39, 0.29) is 24.5 Å². The lowest BCUT2D eigenvalue weighted by Crippen LogP contribution is -2.32. The fraction of sp³-hybridized carbons (Fsp3) is 0.383. The second-order valence-corrected chi connectivity index (χ2v) is 30.3. The number of fused-ring (bicyclic) bond motifs is 1. The number of hydrogen-bond acceptors (Lipinski definition) is 15. The Morgan fingerprint density at radius 3 is 1.30 bits per heavy atom. The van der Waals surface area contributed by atoms with Crippen molar-refractivity contribution in [3.8, 4) is 47.9 Å². The van der Waals surface area contributed by atoms with Crippen LogP contribution < -0.4 is 25.4 Å². The number of carbonyl (C=O) groups is 3. The first kappa shape index (κ1) is 94.9. The molecule has 28 nitrogen and oxygen atoms in total. The van der Waals surface area contributed by atoms with Crippen LogP contribution in [0.1, 0.15) is 188 Å². The highest BCUT2D eigenvalue weighted by Crippen LogP contribution is 2.33. The summed E-state index contributed by atoms with van der Waals surface area (Å²) in [5.41, 5.74) is 29.7. The summed E-state index contributed by atoms with van der Waals surface area (Å²) in [7, 11) is 0. The molecule has 0 bridgehead atoms. The van der Waals surface area contributed by atoms with Gasteiger partial charge >= 0.3 is 48.5 Å². The average Bonchev–Trinajstić information content (AvgIpc) is 1.57. The number of nitrogens with zero attached hydrogens (tertiary/aromatic N) is 14. The van der Waals surface area contributed by atoms with Gasteiger partial charge in [-0.3, -0.25) is 4.79 Å². The summed E-state index contributed by atoms with van der Waals surface area (Å²) >= 11 is 0. The van der Waals surface area contributed by atoms with Crippen LogP contribution in [0.15, 0.2) is 85.5 Å². The molecule has 2 fully saturated rings. The van der Waals surface area contributed by atoms with Crippen LogP contribution in [0.3, 0.4) is 0 Å². The van der Waals surface area contributed by atoms with E-state index >= 15 is 0 Å². The summed E-state index contributed by atoms with van der Waals surface area (Å²) < 4.78 is 17.7. The van der Waals surface area contributed by atoms with Crippen molar-refractivity contribution in [2.45, 2.75) is 185 Å². The zero-order chi connectivity index (χ0) is 89.8. The summed E-state index contributed by atoms with van der Waals surface area (Å²) in [6.45, 7) is 50.5. The van der Waals surface area contributed by atoms with E-state index in [1.54, 1.807) is 16.0 Å². The molecule has 2 aliphatic rings.